The van der Waals surface area contributed by atoms with E-state index < -0.39 is 0 Å². The zero-order valence-corrected chi connectivity index (χ0v) is 14.9. The Kier molecular flexibility index (Phi) is 7.69. The summed E-state index contributed by atoms with van der Waals surface area (Å²) in [5.74, 6) is 0.743. The van der Waals surface area contributed by atoms with Crippen molar-refractivity contribution in [3.8, 4) is 17.0 Å². The molecule has 0 saturated carbocycles. The lowest BCUT2D eigenvalue weighted by molar-refractivity contribution is -0.121. The molecule has 0 atom stereocenters. The molecule has 6 nitrogen and oxygen atoms in total. The second-order valence-corrected chi connectivity index (χ2v) is 5.89. The van der Waals surface area contributed by atoms with Gasteiger partial charge in [-0.25, -0.2) is 5.43 Å². The van der Waals surface area contributed by atoms with Crippen LogP contribution < -0.4 is 10.2 Å². The summed E-state index contributed by atoms with van der Waals surface area (Å²) in [6.45, 7) is 2.18. The Labute approximate surface area is 148 Å². The monoisotopic (exact) mass is 342 g/mol. The molecule has 2 rings (SSSR count). The summed E-state index contributed by atoms with van der Waals surface area (Å²) in [5.41, 5.74) is 5.21. The third-order valence-corrected chi connectivity index (χ3v) is 3.95. The van der Waals surface area contributed by atoms with Gasteiger partial charge < -0.3 is 4.74 Å². The Bertz CT molecular complexity index is 677. The van der Waals surface area contributed by atoms with E-state index in [2.05, 4.69) is 27.6 Å². The summed E-state index contributed by atoms with van der Waals surface area (Å²) < 4.78 is 5.16. The van der Waals surface area contributed by atoms with Crippen LogP contribution in [0.25, 0.3) is 11.3 Å². The van der Waals surface area contributed by atoms with Crippen LogP contribution in [-0.2, 0) is 4.79 Å². The maximum absolute atomic E-state index is 11.8. The van der Waals surface area contributed by atoms with Crippen molar-refractivity contribution in [3.05, 3.63) is 36.0 Å². The molecular weight excluding hydrogens is 316 g/mol. The predicted molar refractivity (Wildman–Crippen MR) is 99.7 cm³/mol. The fraction of sp³-hybridized carbons (Fsp3) is 0.421. The molecule has 0 fully saturated rings. The number of nitrogens with one attached hydrogen (secondary N) is 2. The first kappa shape index (κ1) is 18.7. The Hall–Kier alpha value is -2.63. The van der Waals surface area contributed by atoms with Crippen LogP contribution in [0.1, 0.15) is 51.0 Å². The van der Waals surface area contributed by atoms with Gasteiger partial charge in [0.25, 0.3) is 0 Å². The van der Waals surface area contributed by atoms with E-state index in [1.165, 1.54) is 19.3 Å². The second kappa shape index (κ2) is 10.3. The normalized spacial score (nSPS) is 11.0. The maximum Gasteiger partial charge on any atom is 0.240 e. The highest BCUT2D eigenvalue weighted by molar-refractivity contribution is 5.89. The largest absolute Gasteiger partial charge is 0.497 e. The van der Waals surface area contributed by atoms with Gasteiger partial charge in [-0.1, -0.05) is 32.6 Å². The number of rotatable bonds is 10. The van der Waals surface area contributed by atoms with E-state index in [4.69, 9.17) is 4.74 Å². The standard InChI is InChI=1S/C19H26N4O2/c1-3-4-5-6-7-8-18(24)22-20-13-16-14-21-23-19(16)15-9-11-17(25-2)12-10-15/h9-14H,3-8H2,1-2H3,(H,21,23)(H,22,24)/b20-13+. The molecule has 0 unspecified atom stereocenters. The van der Waals surface area contributed by atoms with E-state index in [1.807, 2.05) is 24.3 Å². The Balaban J connectivity index is 1.85. The first-order chi connectivity index (χ1) is 12.2. The molecule has 25 heavy (non-hydrogen) atoms. The minimum atomic E-state index is -0.0535. The van der Waals surface area contributed by atoms with Crippen molar-refractivity contribution in [1.82, 2.24) is 15.6 Å². The lowest BCUT2D eigenvalue weighted by Gasteiger charge is -2.03. The molecular formula is C19H26N4O2. The molecule has 6 heteroatoms. The SMILES string of the molecule is CCCCCCCC(=O)N/N=C/c1cn[nH]c1-c1ccc(OC)cc1. The number of H-pyrrole nitrogens is 1. The molecule has 2 N–H and O–H groups in total. The van der Waals surface area contributed by atoms with Crippen LogP contribution in [0.3, 0.4) is 0 Å². The number of benzene rings is 1. The number of carbonyl (C=O) groups is 1. The zero-order chi connectivity index (χ0) is 17.9. The van der Waals surface area contributed by atoms with Gasteiger partial charge in [-0.15, -0.1) is 0 Å². The Morgan fingerprint density at radius 3 is 2.72 bits per heavy atom. The fourth-order valence-electron chi connectivity index (χ4n) is 2.50. The lowest BCUT2D eigenvalue weighted by Crippen LogP contribution is -2.16. The molecule has 0 radical (unpaired) electrons. The molecule has 1 aromatic heterocycles. The summed E-state index contributed by atoms with van der Waals surface area (Å²) in [4.78, 5) is 11.8. The van der Waals surface area contributed by atoms with E-state index in [-0.39, 0.29) is 5.91 Å². The highest BCUT2D eigenvalue weighted by atomic mass is 16.5. The predicted octanol–water partition coefficient (Wildman–Crippen LogP) is 3.90. The van der Waals surface area contributed by atoms with Crippen LogP contribution in [0.4, 0.5) is 0 Å². The number of hydrazone groups is 1. The molecule has 1 aromatic carbocycles. The molecule has 1 amide bonds. The average molecular weight is 342 g/mol. The summed E-state index contributed by atoms with van der Waals surface area (Å²) in [6, 6.07) is 7.66. The maximum atomic E-state index is 11.8. The minimum Gasteiger partial charge on any atom is -0.497 e. The highest BCUT2D eigenvalue weighted by Crippen LogP contribution is 2.22. The molecule has 0 bridgehead atoms. The van der Waals surface area contributed by atoms with Gasteiger partial charge in [0.1, 0.15) is 5.75 Å². The summed E-state index contributed by atoms with van der Waals surface area (Å²) in [7, 11) is 1.63. The van der Waals surface area contributed by atoms with Crippen molar-refractivity contribution in [2.75, 3.05) is 7.11 Å². The van der Waals surface area contributed by atoms with Gasteiger partial charge >= 0.3 is 0 Å². The highest BCUT2D eigenvalue weighted by Gasteiger charge is 2.06. The molecule has 0 spiro atoms. The molecule has 134 valence electrons. The van der Waals surface area contributed by atoms with Crippen LogP contribution in [0.5, 0.6) is 5.75 Å². The van der Waals surface area contributed by atoms with E-state index in [1.54, 1.807) is 19.5 Å². The van der Waals surface area contributed by atoms with Crippen LogP contribution in [-0.4, -0.2) is 29.4 Å². The summed E-state index contributed by atoms with van der Waals surface area (Å²) in [5, 5.41) is 11.1. The van der Waals surface area contributed by atoms with Crippen LogP contribution in [0, 0.1) is 0 Å². The van der Waals surface area contributed by atoms with Crippen molar-refractivity contribution < 1.29 is 9.53 Å². The van der Waals surface area contributed by atoms with E-state index in [0.29, 0.717) is 6.42 Å². The number of hydrogen-bond donors (Lipinski definition) is 2. The third-order valence-electron chi connectivity index (χ3n) is 3.95. The van der Waals surface area contributed by atoms with Crippen molar-refractivity contribution in [1.29, 1.82) is 0 Å². The van der Waals surface area contributed by atoms with Gasteiger partial charge in [-0.2, -0.15) is 10.2 Å². The molecule has 0 saturated heterocycles. The van der Waals surface area contributed by atoms with E-state index in [9.17, 15) is 4.79 Å². The van der Waals surface area contributed by atoms with Gasteiger partial charge in [0.15, 0.2) is 0 Å². The molecule has 2 aromatic rings. The van der Waals surface area contributed by atoms with Crippen LogP contribution in [0.2, 0.25) is 0 Å². The quantitative estimate of drug-likeness (QED) is 0.390. The number of ether oxygens (including phenoxy) is 1. The number of aromatic amines is 1. The number of methoxy groups -OCH3 is 1. The van der Waals surface area contributed by atoms with E-state index >= 15 is 0 Å². The zero-order valence-electron chi connectivity index (χ0n) is 14.9. The van der Waals surface area contributed by atoms with Crippen molar-refractivity contribution in [2.24, 2.45) is 5.10 Å². The molecule has 1 heterocycles. The minimum absolute atomic E-state index is 0.0535. The number of hydrogen-bond acceptors (Lipinski definition) is 4. The van der Waals surface area contributed by atoms with E-state index in [0.717, 1.165) is 35.4 Å². The second-order valence-electron chi connectivity index (χ2n) is 5.89. The van der Waals surface area contributed by atoms with Crippen molar-refractivity contribution in [3.63, 3.8) is 0 Å². The number of aromatic nitrogens is 2. The number of unbranched alkanes of at least 4 members (excludes halogenated alkanes) is 4. The summed E-state index contributed by atoms with van der Waals surface area (Å²) >= 11 is 0. The number of nitrogens with zero attached hydrogens (tertiary/aromatic N) is 2. The lowest BCUT2D eigenvalue weighted by atomic mass is 10.1. The fourth-order valence-corrected chi connectivity index (χ4v) is 2.50. The summed E-state index contributed by atoms with van der Waals surface area (Å²) in [6.07, 6.45) is 9.42. The average Bonchev–Trinajstić information content (AvgIpc) is 3.10. The molecule has 0 aliphatic rings. The van der Waals surface area contributed by atoms with Gasteiger partial charge in [0.2, 0.25) is 5.91 Å². The Morgan fingerprint density at radius 2 is 2.00 bits per heavy atom. The van der Waals surface area contributed by atoms with Gasteiger partial charge in [-0.05, 0) is 30.7 Å². The molecule has 0 aliphatic carbocycles. The Morgan fingerprint density at radius 1 is 1.24 bits per heavy atom. The third kappa shape index (κ3) is 6.06. The number of carbonyl (C=O) groups excluding carboxylic acids is 1. The van der Waals surface area contributed by atoms with Crippen molar-refractivity contribution >= 4 is 12.1 Å². The van der Waals surface area contributed by atoms with Crippen LogP contribution >= 0.6 is 0 Å². The first-order valence-electron chi connectivity index (χ1n) is 8.74. The van der Waals surface area contributed by atoms with Gasteiger partial charge in [0, 0.05) is 17.5 Å². The smallest absolute Gasteiger partial charge is 0.240 e. The van der Waals surface area contributed by atoms with Gasteiger partial charge in [-0.3, -0.25) is 9.89 Å². The molecule has 0 aliphatic heterocycles. The topological polar surface area (TPSA) is 79.4 Å². The first-order valence-corrected chi connectivity index (χ1v) is 8.74. The van der Waals surface area contributed by atoms with Crippen LogP contribution in [0.15, 0.2) is 35.6 Å². The van der Waals surface area contributed by atoms with Crippen molar-refractivity contribution in [2.45, 2.75) is 45.4 Å². The van der Waals surface area contributed by atoms with Gasteiger partial charge in [0.05, 0.1) is 25.2 Å². The number of amides is 1.